The number of nitrogens with two attached hydrogens (primary N) is 1. The Morgan fingerprint density at radius 3 is 2.68 bits per heavy atom. The molecule has 106 valence electrons. The molecule has 1 aromatic heterocycles. The molecule has 2 N–H and O–H groups in total. The average molecular weight is 297 g/mol. The second-order valence-corrected chi connectivity index (χ2v) is 6.90. The average Bonchev–Trinajstić information content (AvgIpc) is 2.81. The standard InChI is InChI=1S/C14H23N3S2/c1-3-11-13(14(15)18)19-12(16-11)6-9-17-7-4-10(2)5-8-17/h10H,3-9H2,1-2H3,(H2,15,18). The van der Waals surface area contributed by atoms with E-state index in [4.69, 9.17) is 18.0 Å². The summed E-state index contributed by atoms with van der Waals surface area (Å²) in [6.45, 7) is 8.03. The smallest absolute Gasteiger partial charge is 0.116 e. The lowest BCUT2D eigenvalue weighted by Gasteiger charge is -2.29. The molecule has 3 nitrogen and oxygen atoms in total. The second-order valence-electron chi connectivity index (χ2n) is 5.38. The molecule has 1 aliphatic rings. The van der Waals surface area contributed by atoms with E-state index >= 15 is 0 Å². The Hall–Kier alpha value is -0.520. The molecule has 1 fully saturated rings. The van der Waals surface area contributed by atoms with Crippen molar-refractivity contribution < 1.29 is 0 Å². The van der Waals surface area contributed by atoms with Crippen LogP contribution in [-0.4, -0.2) is 34.5 Å². The van der Waals surface area contributed by atoms with E-state index in [1.165, 1.54) is 30.9 Å². The summed E-state index contributed by atoms with van der Waals surface area (Å²) < 4.78 is 0. The first kappa shape index (κ1) is 14.9. The summed E-state index contributed by atoms with van der Waals surface area (Å²) in [6, 6.07) is 0. The summed E-state index contributed by atoms with van der Waals surface area (Å²) in [6.07, 6.45) is 4.59. The molecule has 0 spiro atoms. The number of aryl methyl sites for hydroxylation is 1. The highest BCUT2D eigenvalue weighted by molar-refractivity contribution is 7.81. The molecule has 0 aliphatic carbocycles. The summed E-state index contributed by atoms with van der Waals surface area (Å²) in [4.78, 5) is 8.73. The molecular weight excluding hydrogens is 274 g/mol. The normalized spacial score (nSPS) is 17.8. The van der Waals surface area contributed by atoms with Gasteiger partial charge in [0, 0.05) is 13.0 Å². The van der Waals surface area contributed by atoms with E-state index in [0.717, 1.165) is 35.9 Å². The van der Waals surface area contributed by atoms with Crippen molar-refractivity contribution in [1.29, 1.82) is 0 Å². The summed E-state index contributed by atoms with van der Waals surface area (Å²) in [5.74, 6) is 0.893. The summed E-state index contributed by atoms with van der Waals surface area (Å²) in [7, 11) is 0. The van der Waals surface area contributed by atoms with Crippen LogP contribution < -0.4 is 5.73 Å². The third-order valence-electron chi connectivity index (χ3n) is 3.82. The predicted octanol–water partition coefficient (Wildman–Crippen LogP) is 2.61. The molecular formula is C14H23N3S2. The zero-order chi connectivity index (χ0) is 13.8. The molecule has 1 aromatic rings. The van der Waals surface area contributed by atoms with E-state index in [1.807, 2.05) is 0 Å². The number of thiocarbonyl (C=S) groups is 1. The third-order valence-corrected chi connectivity index (χ3v) is 5.34. The van der Waals surface area contributed by atoms with E-state index in [0.29, 0.717) is 4.99 Å². The molecule has 2 rings (SSSR count). The Bertz CT molecular complexity index is 434. The minimum atomic E-state index is 0.493. The molecule has 0 atom stereocenters. The first-order valence-electron chi connectivity index (χ1n) is 7.11. The zero-order valence-electron chi connectivity index (χ0n) is 11.8. The molecule has 5 heteroatoms. The van der Waals surface area contributed by atoms with Crippen LogP contribution in [0.2, 0.25) is 0 Å². The first-order valence-corrected chi connectivity index (χ1v) is 8.33. The van der Waals surface area contributed by atoms with E-state index in [1.54, 1.807) is 11.3 Å². The van der Waals surface area contributed by atoms with Crippen molar-refractivity contribution in [2.24, 2.45) is 11.7 Å². The first-order chi connectivity index (χ1) is 9.10. The fourth-order valence-corrected chi connectivity index (χ4v) is 3.72. The number of rotatable bonds is 5. The lowest BCUT2D eigenvalue weighted by Crippen LogP contribution is -2.34. The Labute approximate surface area is 125 Å². The van der Waals surface area contributed by atoms with Gasteiger partial charge in [-0.15, -0.1) is 11.3 Å². The van der Waals surface area contributed by atoms with Crippen molar-refractivity contribution in [3.05, 3.63) is 15.6 Å². The molecule has 0 unspecified atom stereocenters. The van der Waals surface area contributed by atoms with Gasteiger partial charge in [0.1, 0.15) is 4.99 Å². The predicted molar refractivity (Wildman–Crippen MR) is 85.9 cm³/mol. The van der Waals surface area contributed by atoms with Crippen LogP contribution in [0.25, 0.3) is 0 Å². The van der Waals surface area contributed by atoms with Crippen molar-refractivity contribution in [2.45, 2.75) is 39.5 Å². The molecule has 19 heavy (non-hydrogen) atoms. The Kier molecular flexibility index (Phi) is 5.30. The van der Waals surface area contributed by atoms with Crippen LogP contribution in [0, 0.1) is 5.92 Å². The van der Waals surface area contributed by atoms with Gasteiger partial charge < -0.3 is 10.6 Å². The van der Waals surface area contributed by atoms with Crippen LogP contribution in [0.1, 0.15) is 42.3 Å². The second kappa shape index (κ2) is 6.77. The Morgan fingerprint density at radius 1 is 1.47 bits per heavy atom. The van der Waals surface area contributed by atoms with Gasteiger partial charge in [-0.2, -0.15) is 0 Å². The van der Waals surface area contributed by atoms with Gasteiger partial charge in [0.2, 0.25) is 0 Å². The Balaban J connectivity index is 1.91. The van der Waals surface area contributed by atoms with Crippen molar-refractivity contribution in [1.82, 2.24) is 9.88 Å². The van der Waals surface area contributed by atoms with Crippen LogP contribution in [0.5, 0.6) is 0 Å². The maximum absolute atomic E-state index is 5.75. The van der Waals surface area contributed by atoms with Gasteiger partial charge in [-0.3, -0.25) is 0 Å². The zero-order valence-corrected chi connectivity index (χ0v) is 13.4. The van der Waals surface area contributed by atoms with E-state index in [-0.39, 0.29) is 0 Å². The van der Waals surface area contributed by atoms with E-state index < -0.39 is 0 Å². The quantitative estimate of drug-likeness (QED) is 0.848. The van der Waals surface area contributed by atoms with Gasteiger partial charge >= 0.3 is 0 Å². The molecule has 1 aliphatic heterocycles. The van der Waals surface area contributed by atoms with Gasteiger partial charge in [-0.25, -0.2) is 4.98 Å². The van der Waals surface area contributed by atoms with Gasteiger partial charge in [-0.05, 0) is 38.3 Å². The van der Waals surface area contributed by atoms with Crippen molar-refractivity contribution >= 4 is 28.5 Å². The third kappa shape index (κ3) is 3.97. The molecule has 0 bridgehead atoms. The fourth-order valence-electron chi connectivity index (χ4n) is 2.48. The van der Waals surface area contributed by atoms with Gasteiger partial charge in [0.25, 0.3) is 0 Å². The largest absolute Gasteiger partial charge is 0.389 e. The molecule has 0 radical (unpaired) electrons. The maximum atomic E-state index is 5.75. The topological polar surface area (TPSA) is 42.2 Å². The number of likely N-dealkylation sites (tertiary alicyclic amines) is 1. The van der Waals surface area contributed by atoms with Gasteiger partial charge in [-0.1, -0.05) is 26.1 Å². The summed E-state index contributed by atoms with van der Waals surface area (Å²) in [5.41, 5.74) is 6.82. The van der Waals surface area contributed by atoms with Gasteiger partial charge in [0.15, 0.2) is 0 Å². The van der Waals surface area contributed by atoms with Crippen LogP contribution in [0.15, 0.2) is 0 Å². The Morgan fingerprint density at radius 2 is 2.16 bits per heavy atom. The van der Waals surface area contributed by atoms with Crippen molar-refractivity contribution in [3.63, 3.8) is 0 Å². The minimum Gasteiger partial charge on any atom is -0.389 e. The lowest BCUT2D eigenvalue weighted by molar-refractivity contribution is 0.194. The number of aromatic nitrogens is 1. The van der Waals surface area contributed by atoms with Crippen LogP contribution >= 0.6 is 23.6 Å². The van der Waals surface area contributed by atoms with E-state index in [9.17, 15) is 0 Å². The molecule has 2 heterocycles. The van der Waals surface area contributed by atoms with Crippen LogP contribution in [0.4, 0.5) is 0 Å². The maximum Gasteiger partial charge on any atom is 0.116 e. The van der Waals surface area contributed by atoms with Crippen LogP contribution in [0.3, 0.4) is 0 Å². The van der Waals surface area contributed by atoms with Crippen molar-refractivity contribution in [2.75, 3.05) is 19.6 Å². The monoisotopic (exact) mass is 297 g/mol. The van der Waals surface area contributed by atoms with E-state index in [2.05, 4.69) is 23.7 Å². The summed E-state index contributed by atoms with van der Waals surface area (Å²) >= 11 is 6.77. The van der Waals surface area contributed by atoms with Crippen molar-refractivity contribution in [3.8, 4) is 0 Å². The molecule has 1 saturated heterocycles. The minimum absolute atomic E-state index is 0.493. The highest BCUT2D eigenvalue weighted by Gasteiger charge is 2.17. The lowest BCUT2D eigenvalue weighted by atomic mass is 9.99. The highest BCUT2D eigenvalue weighted by Crippen LogP contribution is 2.21. The molecule has 0 saturated carbocycles. The fraction of sp³-hybridized carbons (Fsp3) is 0.714. The number of hydrogen-bond acceptors (Lipinski definition) is 4. The number of nitrogens with zero attached hydrogens (tertiary/aromatic N) is 2. The number of hydrogen-bond donors (Lipinski definition) is 1. The number of thiazole rings is 1. The molecule has 0 amide bonds. The van der Waals surface area contributed by atoms with Crippen LogP contribution in [-0.2, 0) is 12.8 Å². The number of piperidine rings is 1. The highest BCUT2D eigenvalue weighted by atomic mass is 32.1. The van der Waals surface area contributed by atoms with Gasteiger partial charge in [0.05, 0.1) is 15.6 Å². The molecule has 0 aromatic carbocycles. The summed E-state index contributed by atoms with van der Waals surface area (Å²) in [5, 5.41) is 1.18. The SMILES string of the molecule is CCc1nc(CCN2CCC(C)CC2)sc1C(N)=S.